The maximum Gasteiger partial charge on any atom is 0.251 e. The summed E-state index contributed by atoms with van der Waals surface area (Å²) in [6.07, 6.45) is -4.37. The predicted octanol–water partition coefficient (Wildman–Crippen LogP) is -1.64. The van der Waals surface area contributed by atoms with Gasteiger partial charge in [0.1, 0.15) is 29.9 Å². The van der Waals surface area contributed by atoms with Gasteiger partial charge in [0.05, 0.1) is 6.61 Å². The molecular formula is C14H16N2O7. The van der Waals surface area contributed by atoms with Gasteiger partial charge in [-0.3, -0.25) is 4.79 Å². The summed E-state index contributed by atoms with van der Waals surface area (Å²) in [4.78, 5) is 16.2. The van der Waals surface area contributed by atoms with Gasteiger partial charge in [-0.25, -0.2) is 4.98 Å². The Morgan fingerprint density at radius 3 is 2.78 bits per heavy atom. The van der Waals surface area contributed by atoms with E-state index in [9.17, 15) is 20.1 Å². The number of benzene rings is 1. The van der Waals surface area contributed by atoms with Crippen LogP contribution in [0.2, 0.25) is 0 Å². The van der Waals surface area contributed by atoms with E-state index >= 15 is 0 Å². The molecule has 1 fully saturated rings. The van der Waals surface area contributed by atoms with Crippen molar-refractivity contribution >= 4 is 17.0 Å². The van der Waals surface area contributed by atoms with Crippen molar-refractivity contribution in [3.63, 3.8) is 0 Å². The predicted molar refractivity (Wildman–Crippen MR) is 75.2 cm³/mol. The smallest absolute Gasteiger partial charge is 0.251 e. The second-order valence-electron chi connectivity index (χ2n) is 5.26. The average Bonchev–Trinajstić information content (AvgIpc) is 3.02. The van der Waals surface area contributed by atoms with Crippen molar-refractivity contribution in [2.24, 2.45) is 0 Å². The Balaban J connectivity index is 1.76. The van der Waals surface area contributed by atoms with Crippen LogP contribution in [0.1, 0.15) is 10.4 Å². The topological polar surface area (TPSA) is 145 Å². The number of hydrogen-bond acceptors (Lipinski definition) is 8. The minimum absolute atomic E-state index is 0.240. The number of aliphatic hydroxyl groups excluding tert-OH is 4. The van der Waals surface area contributed by atoms with Crippen LogP contribution < -0.4 is 5.32 Å². The van der Waals surface area contributed by atoms with E-state index in [4.69, 9.17) is 14.3 Å². The number of carbonyl (C=O) groups excluding carboxylic acids is 1. The molecule has 1 aliphatic heterocycles. The molecule has 2 heterocycles. The Hall–Kier alpha value is -2.04. The van der Waals surface area contributed by atoms with Gasteiger partial charge >= 0.3 is 0 Å². The number of oxazole rings is 1. The second kappa shape index (κ2) is 6.22. The third kappa shape index (κ3) is 2.92. The summed E-state index contributed by atoms with van der Waals surface area (Å²) in [5.41, 5.74) is 1.24. The van der Waals surface area contributed by atoms with Crippen LogP contribution in [0, 0.1) is 0 Å². The number of rotatable bonds is 3. The minimum Gasteiger partial charge on any atom is -0.443 e. The van der Waals surface area contributed by atoms with Crippen molar-refractivity contribution < 1.29 is 34.4 Å². The van der Waals surface area contributed by atoms with Crippen LogP contribution in [0.25, 0.3) is 11.1 Å². The number of nitrogens with one attached hydrogen (secondary N) is 1. The van der Waals surface area contributed by atoms with E-state index < -0.39 is 43.2 Å². The number of carbonyl (C=O) groups is 1. The number of amides is 1. The molecule has 5 N–H and O–H groups in total. The molecule has 3 unspecified atom stereocenters. The lowest BCUT2D eigenvalue weighted by molar-refractivity contribution is -0.252. The zero-order valence-corrected chi connectivity index (χ0v) is 11.9. The quantitative estimate of drug-likeness (QED) is 0.452. The van der Waals surface area contributed by atoms with Crippen molar-refractivity contribution in [3.8, 4) is 0 Å². The number of hydrogen-bond donors (Lipinski definition) is 5. The van der Waals surface area contributed by atoms with Crippen LogP contribution in [-0.2, 0) is 4.74 Å². The highest BCUT2D eigenvalue weighted by atomic mass is 16.6. The van der Waals surface area contributed by atoms with Gasteiger partial charge in [0, 0.05) is 5.56 Å². The molecule has 124 valence electrons. The fraction of sp³-hybridized carbons (Fsp3) is 0.429. The first-order valence-electron chi connectivity index (χ1n) is 6.96. The first kappa shape index (κ1) is 15.8. The SMILES string of the molecule is O=C(NC1C(O)O[C@H](CO)C(O)[C@@H]1O)c1ccc2ocnc2c1. The van der Waals surface area contributed by atoms with E-state index in [1.165, 1.54) is 18.5 Å². The van der Waals surface area contributed by atoms with Crippen LogP contribution in [0.5, 0.6) is 0 Å². The molecule has 2 aromatic rings. The Labute approximate surface area is 130 Å². The second-order valence-corrected chi connectivity index (χ2v) is 5.26. The fourth-order valence-electron chi connectivity index (χ4n) is 2.49. The summed E-state index contributed by atoms with van der Waals surface area (Å²) >= 11 is 0. The normalized spacial score (nSPS) is 31.2. The molecule has 1 saturated heterocycles. The van der Waals surface area contributed by atoms with Gasteiger partial charge in [0.25, 0.3) is 5.91 Å². The van der Waals surface area contributed by atoms with E-state index in [1.807, 2.05) is 0 Å². The lowest BCUT2D eigenvalue weighted by Crippen LogP contribution is -2.64. The van der Waals surface area contributed by atoms with Crippen LogP contribution in [0.3, 0.4) is 0 Å². The summed E-state index contributed by atoms with van der Waals surface area (Å²) in [7, 11) is 0. The van der Waals surface area contributed by atoms with E-state index in [0.717, 1.165) is 0 Å². The zero-order valence-electron chi connectivity index (χ0n) is 11.9. The first-order chi connectivity index (χ1) is 11.0. The van der Waals surface area contributed by atoms with E-state index in [0.29, 0.717) is 11.1 Å². The maximum atomic E-state index is 12.2. The highest BCUT2D eigenvalue weighted by molar-refractivity contribution is 5.97. The molecule has 0 aliphatic carbocycles. The molecule has 0 radical (unpaired) electrons. The van der Waals surface area contributed by atoms with E-state index in [-0.39, 0.29) is 5.56 Å². The zero-order chi connectivity index (χ0) is 16.6. The average molecular weight is 324 g/mol. The highest BCUT2D eigenvalue weighted by Gasteiger charge is 2.44. The summed E-state index contributed by atoms with van der Waals surface area (Å²) < 4.78 is 10.1. The molecule has 9 heteroatoms. The maximum absolute atomic E-state index is 12.2. The number of nitrogens with zero attached hydrogens (tertiary/aromatic N) is 1. The third-order valence-electron chi connectivity index (χ3n) is 3.79. The Bertz CT molecular complexity index is 703. The molecule has 0 saturated carbocycles. The first-order valence-corrected chi connectivity index (χ1v) is 6.96. The molecule has 1 aromatic carbocycles. The molecule has 5 atom stereocenters. The minimum atomic E-state index is -1.56. The van der Waals surface area contributed by atoms with Gasteiger partial charge in [-0.2, -0.15) is 0 Å². The van der Waals surface area contributed by atoms with Gasteiger partial charge in [0.15, 0.2) is 18.3 Å². The molecule has 0 spiro atoms. The highest BCUT2D eigenvalue weighted by Crippen LogP contribution is 2.20. The van der Waals surface area contributed by atoms with Crippen molar-refractivity contribution in [1.29, 1.82) is 0 Å². The number of aromatic nitrogens is 1. The van der Waals surface area contributed by atoms with Crippen LogP contribution in [0.15, 0.2) is 29.0 Å². The van der Waals surface area contributed by atoms with Gasteiger partial charge in [-0.1, -0.05) is 0 Å². The fourth-order valence-corrected chi connectivity index (χ4v) is 2.49. The number of aliphatic hydroxyl groups is 4. The molecule has 1 aromatic heterocycles. The van der Waals surface area contributed by atoms with Gasteiger partial charge in [-0.15, -0.1) is 0 Å². The Kier molecular flexibility index (Phi) is 4.28. The molecule has 1 aliphatic rings. The van der Waals surface area contributed by atoms with Crippen LogP contribution in [-0.4, -0.2) is 68.6 Å². The summed E-state index contributed by atoms with van der Waals surface area (Å²) in [5, 5.41) is 41.1. The molecule has 1 amide bonds. The molecular weight excluding hydrogens is 308 g/mol. The lowest BCUT2D eigenvalue weighted by atomic mass is 9.97. The monoisotopic (exact) mass is 324 g/mol. The molecule has 23 heavy (non-hydrogen) atoms. The van der Waals surface area contributed by atoms with E-state index in [2.05, 4.69) is 10.3 Å². The summed E-state index contributed by atoms with van der Waals surface area (Å²) in [6.45, 7) is -0.571. The largest absolute Gasteiger partial charge is 0.443 e. The number of fused-ring (bicyclic) bond motifs is 1. The molecule has 9 nitrogen and oxygen atoms in total. The summed E-state index contributed by atoms with van der Waals surface area (Å²) in [6, 6.07) is 3.31. The molecule has 0 bridgehead atoms. The lowest BCUT2D eigenvalue weighted by Gasteiger charge is -2.40. The van der Waals surface area contributed by atoms with Crippen molar-refractivity contribution in [3.05, 3.63) is 30.2 Å². The van der Waals surface area contributed by atoms with Crippen molar-refractivity contribution in [1.82, 2.24) is 10.3 Å². The molecule has 3 rings (SSSR count). The summed E-state index contributed by atoms with van der Waals surface area (Å²) in [5.74, 6) is -0.587. The van der Waals surface area contributed by atoms with Gasteiger partial charge < -0.3 is 34.9 Å². The Morgan fingerprint density at radius 2 is 2.04 bits per heavy atom. The number of ether oxygens (including phenoxy) is 1. The van der Waals surface area contributed by atoms with Gasteiger partial charge in [-0.05, 0) is 18.2 Å². The van der Waals surface area contributed by atoms with Crippen LogP contribution in [0.4, 0.5) is 0 Å². The third-order valence-corrected chi connectivity index (χ3v) is 3.79. The van der Waals surface area contributed by atoms with Gasteiger partial charge in [0.2, 0.25) is 0 Å². The standard InChI is InChI=1S/C14H16N2O7/c17-4-9-11(18)12(19)10(14(21)23-9)16-13(20)6-1-2-8-7(3-6)15-5-22-8/h1-3,5,9-12,14,17-19,21H,4H2,(H,16,20)/t9-,10?,11?,12-,14?/m1/s1. The Morgan fingerprint density at radius 1 is 1.26 bits per heavy atom. The van der Waals surface area contributed by atoms with Crippen LogP contribution >= 0.6 is 0 Å². The van der Waals surface area contributed by atoms with Crippen molar-refractivity contribution in [2.75, 3.05) is 6.61 Å². The van der Waals surface area contributed by atoms with E-state index in [1.54, 1.807) is 6.07 Å². The van der Waals surface area contributed by atoms with Crippen molar-refractivity contribution in [2.45, 2.75) is 30.6 Å².